The summed E-state index contributed by atoms with van der Waals surface area (Å²) in [6, 6.07) is 28.5. The molecule has 0 aliphatic rings. The van der Waals surface area contributed by atoms with E-state index in [0.29, 0.717) is 0 Å². The van der Waals surface area contributed by atoms with Gasteiger partial charge >= 0.3 is 419 Å². The molecule has 0 saturated heterocycles. The van der Waals surface area contributed by atoms with E-state index >= 15 is 0 Å². The summed E-state index contributed by atoms with van der Waals surface area (Å²) in [6.07, 6.45) is 7.89. The van der Waals surface area contributed by atoms with Gasteiger partial charge in [-0.15, -0.1) is 0 Å². The van der Waals surface area contributed by atoms with Crippen LogP contribution in [0.4, 0.5) is 0 Å². The molecule has 9 nitrogen and oxygen atoms in total. The molecule has 6 unspecified atom stereocenters. The summed E-state index contributed by atoms with van der Waals surface area (Å²) in [5, 5.41) is 3.69. The quantitative estimate of drug-likeness (QED) is 0.0528. The Labute approximate surface area is 416 Å². The van der Waals surface area contributed by atoms with Gasteiger partial charge in [-0.2, -0.15) is 0 Å². The van der Waals surface area contributed by atoms with Gasteiger partial charge in [0.25, 0.3) is 0 Å². The first kappa shape index (κ1) is 53.9. The second kappa shape index (κ2) is 22.3. The molecule has 3 radical (unpaired) electrons. The molecule has 3 aromatic carbocycles. The van der Waals surface area contributed by atoms with Crippen molar-refractivity contribution in [2.75, 3.05) is 0 Å². The molecule has 0 amide bonds. The maximum atomic E-state index is 6.70. The molecule has 0 N–H and O–H groups in total. The van der Waals surface area contributed by atoms with E-state index in [9.17, 15) is 0 Å². The maximum absolute atomic E-state index is 6.70. The van der Waals surface area contributed by atoms with Gasteiger partial charge in [-0.25, -0.2) is 0 Å². The van der Waals surface area contributed by atoms with Crippen LogP contribution in [0.3, 0.4) is 0 Å². The van der Waals surface area contributed by atoms with E-state index in [2.05, 4.69) is 207 Å². The van der Waals surface area contributed by atoms with E-state index in [-0.39, 0.29) is 53.8 Å². The topological polar surface area (TPSA) is 70.2 Å². The van der Waals surface area contributed by atoms with Crippen molar-refractivity contribution >= 4 is 91.4 Å². The zero-order valence-corrected chi connectivity index (χ0v) is 50.5. The van der Waals surface area contributed by atoms with Crippen molar-refractivity contribution in [1.29, 1.82) is 0 Å². The number of hydrogen-bond donors (Lipinski definition) is 0. The third kappa shape index (κ3) is 15.0. The van der Waals surface area contributed by atoms with Crippen LogP contribution in [0.25, 0.3) is 32.7 Å². The Bertz CT molecular complexity index is 2250. The van der Waals surface area contributed by atoms with Crippen LogP contribution in [0.5, 0.6) is 0 Å². The third-order valence-corrected chi connectivity index (χ3v) is 23.1. The van der Waals surface area contributed by atoms with Gasteiger partial charge in [0.1, 0.15) is 0 Å². The van der Waals surface area contributed by atoms with Crippen LogP contribution >= 0.6 is 0 Å². The minimum absolute atomic E-state index is 0.0593. The second-order valence-electron chi connectivity index (χ2n) is 22.6. The Morgan fingerprint density at radius 1 is 0.418 bits per heavy atom. The molecule has 0 spiro atoms. The van der Waals surface area contributed by atoms with Crippen molar-refractivity contribution in [3.05, 3.63) is 91.4 Å². The van der Waals surface area contributed by atoms with Crippen LogP contribution in [0.15, 0.2) is 91.4 Å². The number of nitrogens with zero attached hydrogens (tertiary/aromatic N) is 3. The van der Waals surface area contributed by atoms with Crippen molar-refractivity contribution in [1.82, 2.24) is 13.7 Å². The predicted molar refractivity (Wildman–Crippen MR) is 287 cm³/mol. The molecule has 6 aromatic rings. The number of fused-ring (bicyclic) bond motifs is 3. The molecule has 3 aromatic heterocycles. The zero-order chi connectivity index (χ0) is 49.2. The summed E-state index contributed by atoms with van der Waals surface area (Å²) in [6.45, 7) is 39.6. The van der Waals surface area contributed by atoms with Gasteiger partial charge in [-0.3, -0.25) is 0 Å². The van der Waals surface area contributed by atoms with Crippen LogP contribution in [0.2, 0.25) is 39.3 Å². The van der Waals surface area contributed by atoms with E-state index in [1.807, 2.05) is 20.8 Å². The first-order chi connectivity index (χ1) is 31.2. The molecular formula is C54H81BiN3O6Si3. The third-order valence-electron chi connectivity index (χ3n) is 11.4. The van der Waals surface area contributed by atoms with E-state index in [4.69, 9.17) is 27.5 Å². The van der Waals surface area contributed by atoms with E-state index < -0.39 is 48.9 Å². The summed E-state index contributed by atoms with van der Waals surface area (Å²) in [5.41, 5.74) is 3.71. The Hall–Kier alpha value is -2.43. The summed E-state index contributed by atoms with van der Waals surface area (Å²) in [4.78, 5) is 0. The average Bonchev–Trinajstić information content (AvgIpc) is 3.91. The molecular weight excluding hydrogens is 1080 g/mol. The fourth-order valence-corrected chi connectivity index (χ4v) is 20.4. The fraction of sp³-hybridized carbons (Fsp3) is 0.556. The van der Waals surface area contributed by atoms with E-state index in [1.165, 1.54) is 42.5 Å². The Balaban J connectivity index is 1.46. The second-order valence-corrected chi connectivity index (χ2v) is 37.4. The van der Waals surface area contributed by atoms with Crippen molar-refractivity contribution in [3.8, 4) is 0 Å². The van der Waals surface area contributed by atoms with Gasteiger partial charge in [0.05, 0.1) is 0 Å². The first-order valence-corrected chi connectivity index (χ1v) is 36.7. The number of aromatic nitrogens is 3. The van der Waals surface area contributed by atoms with Gasteiger partial charge in [-0.1, -0.05) is 0 Å². The fourth-order valence-electron chi connectivity index (χ4n) is 9.02. The summed E-state index contributed by atoms with van der Waals surface area (Å²) >= 11 is -3.02. The Morgan fingerprint density at radius 3 is 0.896 bits per heavy atom. The van der Waals surface area contributed by atoms with Crippen LogP contribution in [-0.2, 0) is 27.5 Å². The molecule has 365 valence electrons. The SMILES string of the molecule is CC(OC(CC(C)(C)C)n1ccc2c[c]([Bi]([c]3ccc4c(ccn4C(CC(C)(C)C)OC(C)O[Si](C)C)c3)[c]3ccc4c(ccn4C(CC(C)(C)C)OC(C)O[Si](C)C)c3)ccc21)O[Si](C)C. The van der Waals surface area contributed by atoms with Gasteiger partial charge in [0, 0.05) is 0 Å². The molecule has 13 heteroatoms. The summed E-state index contributed by atoms with van der Waals surface area (Å²) < 4.78 is 50.0. The Kier molecular flexibility index (Phi) is 18.0. The molecule has 0 saturated carbocycles. The molecule has 0 aliphatic heterocycles. The molecule has 3 heterocycles. The van der Waals surface area contributed by atoms with Gasteiger partial charge in [0.15, 0.2) is 0 Å². The first-order valence-electron chi connectivity index (χ1n) is 24.2. The van der Waals surface area contributed by atoms with Crippen molar-refractivity contribution < 1.29 is 27.5 Å². The number of ether oxygens (including phenoxy) is 3. The molecule has 0 aliphatic carbocycles. The monoisotopic (exact) mass is 1160 g/mol. The van der Waals surface area contributed by atoms with Gasteiger partial charge in [0.2, 0.25) is 0 Å². The number of rotatable bonds is 21. The number of hydrogen-bond acceptors (Lipinski definition) is 6. The Morgan fingerprint density at radius 2 is 0.672 bits per heavy atom. The average molecular weight is 1160 g/mol. The van der Waals surface area contributed by atoms with Gasteiger partial charge < -0.3 is 0 Å². The molecule has 0 bridgehead atoms. The molecule has 0 fully saturated rings. The van der Waals surface area contributed by atoms with E-state index in [1.54, 1.807) is 0 Å². The standard InChI is InChI=1S/3C18H27NO2Si.Bi/c3*1-14(21-22(5)6)20-17(13-18(2,3)4)19-12-11-15-9-7-8-10-16(15)19;/h3*8-12,14,17H,13H2,1-6H3;. The van der Waals surface area contributed by atoms with Crippen LogP contribution in [0.1, 0.15) is 121 Å². The van der Waals surface area contributed by atoms with Gasteiger partial charge in [-0.05, 0) is 0 Å². The van der Waals surface area contributed by atoms with Crippen molar-refractivity contribution in [2.45, 2.75) is 179 Å². The minimum atomic E-state index is -3.02. The summed E-state index contributed by atoms with van der Waals surface area (Å²) in [5.74, 6) is 0. The molecule has 6 rings (SSSR count). The molecule has 67 heavy (non-hydrogen) atoms. The van der Waals surface area contributed by atoms with Crippen LogP contribution < -0.4 is 9.81 Å². The van der Waals surface area contributed by atoms with Crippen molar-refractivity contribution in [2.24, 2.45) is 16.2 Å². The zero-order valence-electron chi connectivity index (χ0n) is 44.0. The normalized spacial score (nSPS) is 16.0. The van der Waals surface area contributed by atoms with Crippen LogP contribution in [0, 0.1) is 16.2 Å². The molecule has 6 atom stereocenters. The van der Waals surface area contributed by atoms with E-state index in [0.717, 1.165) is 19.3 Å². The summed E-state index contributed by atoms with van der Waals surface area (Å²) in [7, 11) is -2.75. The van der Waals surface area contributed by atoms with Crippen LogP contribution in [-0.4, -0.2) is 81.4 Å². The predicted octanol–water partition coefficient (Wildman–Crippen LogP) is 12.8. The van der Waals surface area contributed by atoms with Crippen molar-refractivity contribution in [3.63, 3.8) is 0 Å². The number of benzene rings is 3.